The van der Waals surface area contributed by atoms with Gasteiger partial charge in [0.1, 0.15) is 6.04 Å². The number of likely N-dealkylation sites (N-methyl/N-ethyl adjacent to an activating group) is 1. The van der Waals surface area contributed by atoms with E-state index in [1.807, 2.05) is 0 Å². The highest BCUT2D eigenvalue weighted by Crippen LogP contribution is 2.31. The molecule has 1 aromatic carbocycles. The Bertz CT molecular complexity index is 462. The maximum Gasteiger partial charge on any atom is 0.416 e. The number of alkyl halides is 3. The lowest BCUT2D eigenvalue weighted by atomic mass is 10.0. The van der Waals surface area contributed by atoms with Gasteiger partial charge in [-0.1, -0.05) is 12.1 Å². The summed E-state index contributed by atoms with van der Waals surface area (Å²) in [5.74, 6) is -0.350. The predicted octanol–water partition coefficient (Wildman–Crippen LogP) is 1.40. The first-order chi connectivity index (χ1) is 8.43. The van der Waals surface area contributed by atoms with Crippen LogP contribution in [0.4, 0.5) is 13.2 Å². The van der Waals surface area contributed by atoms with Gasteiger partial charge < -0.3 is 0 Å². The van der Waals surface area contributed by atoms with Gasteiger partial charge in [-0.3, -0.25) is 14.9 Å². The zero-order chi connectivity index (χ0) is 13.3. The van der Waals surface area contributed by atoms with Gasteiger partial charge in [-0.05, 0) is 24.7 Å². The second kappa shape index (κ2) is 4.68. The summed E-state index contributed by atoms with van der Waals surface area (Å²) >= 11 is 0. The number of hydrogen-bond acceptors (Lipinski definition) is 4. The van der Waals surface area contributed by atoms with Gasteiger partial charge in [-0.15, -0.1) is 0 Å². The molecule has 0 spiro atoms. The fraction of sp³-hybridized carbons (Fsp3) is 0.364. The molecule has 1 aliphatic rings. The standard InChI is InChI=1S/C11H11F3N2O2/c1-15-10-9(17)8(16-18-10)6-3-2-4-7(5-6)11(12,13)14/h2-5,8,10,15-16H,1H3. The molecule has 18 heavy (non-hydrogen) atoms. The van der Waals surface area contributed by atoms with E-state index < -0.39 is 24.0 Å². The molecule has 4 nitrogen and oxygen atoms in total. The normalized spacial score (nSPS) is 24.6. The Morgan fingerprint density at radius 2 is 2.11 bits per heavy atom. The molecule has 0 bridgehead atoms. The van der Waals surface area contributed by atoms with Crippen molar-refractivity contribution in [1.82, 2.24) is 10.8 Å². The van der Waals surface area contributed by atoms with E-state index in [4.69, 9.17) is 4.84 Å². The average Bonchev–Trinajstić information content (AvgIpc) is 2.69. The first-order valence-electron chi connectivity index (χ1n) is 5.23. The highest BCUT2D eigenvalue weighted by molar-refractivity contribution is 5.90. The molecule has 2 unspecified atom stereocenters. The van der Waals surface area contributed by atoms with Crippen molar-refractivity contribution >= 4 is 5.78 Å². The van der Waals surface area contributed by atoms with E-state index in [1.54, 1.807) is 0 Å². The fourth-order valence-electron chi connectivity index (χ4n) is 1.73. The summed E-state index contributed by atoms with van der Waals surface area (Å²) < 4.78 is 37.6. The lowest BCUT2D eigenvalue weighted by molar-refractivity contribution is -0.137. The summed E-state index contributed by atoms with van der Waals surface area (Å²) in [5, 5.41) is 2.60. The number of hydrogen-bond donors (Lipinski definition) is 2. The van der Waals surface area contributed by atoms with Gasteiger partial charge in [0, 0.05) is 0 Å². The number of hydroxylamine groups is 1. The molecule has 2 rings (SSSR count). The van der Waals surface area contributed by atoms with Crippen molar-refractivity contribution in [2.75, 3.05) is 7.05 Å². The maximum absolute atomic E-state index is 12.5. The first-order valence-corrected chi connectivity index (χ1v) is 5.23. The Balaban J connectivity index is 2.27. The van der Waals surface area contributed by atoms with E-state index in [0.29, 0.717) is 0 Å². The zero-order valence-corrected chi connectivity index (χ0v) is 9.41. The van der Waals surface area contributed by atoms with Crippen LogP contribution in [0.1, 0.15) is 17.2 Å². The summed E-state index contributed by atoms with van der Waals surface area (Å²) in [6.45, 7) is 0. The molecule has 0 aliphatic carbocycles. The van der Waals surface area contributed by atoms with E-state index in [1.165, 1.54) is 19.2 Å². The van der Waals surface area contributed by atoms with Crippen LogP contribution in [0.3, 0.4) is 0 Å². The van der Waals surface area contributed by atoms with E-state index in [9.17, 15) is 18.0 Å². The number of ketones is 1. The predicted molar refractivity (Wildman–Crippen MR) is 56.3 cm³/mol. The van der Waals surface area contributed by atoms with Crippen LogP contribution < -0.4 is 10.8 Å². The van der Waals surface area contributed by atoms with Gasteiger partial charge in [-0.25, -0.2) is 0 Å². The molecule has 1 heterocycles. The van der Waals surface area contributed by atoms with Crippen molar-refractivity contribution in [1.29, 1.82) is 0 Å². The number of benzene rings is 1. The molecule has 0 saturated carbocycles. The Morgan fingerprint density at radius 3 is 2.67 bits per heavy atom. The van der Waals surface area contributed by atoms with Crippen LogP contribution in [-0.2, 0) is 15.8 Å². The average molecular weight is 260 g/mol. The van der Waals surface area contributed by atoms with E-state index in [-0.39, 0.29) is 11.3 Å². The third-order valence-electron chi connectivity index (χ3n) is 2.66. The molecule has 1 aliphatic heterocycles. The molecule has 1 saturated heterocycles. The van der Waals surface area contributed by atoms with Gasteiger partial charge in [0.05, 0.1) is 5.56 Å². The molecule has 2 N–H and O–H groups in total. The number of halogens is 3. The van der Waals surface area contributed by atoms with Crippen molar-refractivity contribution in [3.05, 3.63) is 35.4 Å². The third kappa shape index (κ3) is 2.38. The molecule has 98 valence electrons. The lowest BCUT2D eigenvalue weighted by Gasteiger charge is -2.11. The first kappa shape index (κ1) is 13.0. The lowest BCUT2D eigenvalue weighted by Crippen LogP contribution is -2.32. The number of rotatable bonds is 2. The van der Waals surface area contributed by atoms with Gasteiger partial charge in [0.25, 0.3) is 0 Å². The molecule has 0 aromatic heterocycles. The topological polar surface area (TPSA) is 50.4 Å². The second-order valence-electron chi connectivity index (χ2n) is 3.86. The van der Waals surface area contributed by atoms with Gasteiger partial charge in [0.15, 0.2) is 6.23 Å². The molecule has 0 radical (unpaired) electrons. The summed E-state index contributed by atoms with van der Waals surface area (Å²) in [4.78, 5) is 16.7. The van der Waals surface area contributed by atoms with Crippen LogP contribution in [0.2, 0.25) is 0 Å². The Labute approximate surface area is 101 Å². The van der Waals surface area contributed by atoms with Crippen LogP contribution in [0.15, 0.2) is 24.3 Å². The van der Waals surface area contributed by atoms with Crippen LogP contribution in [0.25, 0.3) is 0 Å². The summed E-state index contributed by atoms with van der Waals surface area (Å²) in [6.07, 6.45) is -5.27. The number of Topliss-reactive ketones (excluding diaryl/α,β-unsaturated/α-hetero) is 1. The van der Waals surface area contributed by atoms with Gasteiger partial charge in [-0.2, -0.15) is 18.7 Å². The van der Waals surface area contributed by atoms with Crippen LogP contribution in [-0.4, -0.2) is 19.1 Å². The number of carbonyl (C=O) groups excluding carboxylic acids is 1. The molecule has 1 aromatic rings. The van der Waals surface area contributed by atoms with Crippen LogP contribution in [0, 0.1) is 0 Å². The van der Waals surface area contributed by atoms with E-state index in [2.05, 4.69) is 10.8 Å². The van der Waals surface area contributed by atoms with Crippen molar-refractivity contribution in [3.63, 3.8) is 0 Å². The summed E-state index contributed by atoms with van der Waals surface area (Å²) in [7, 11) is 1.53. The fourth-order valence-corrected chi connectivity index (χ4v) is 1.73. The number of carbonyl (C=O) groups is 1. The summed E-state index contributed by atoms with van der Waals surface area (Å²) in [5.41, 5.74) is 1.86. The Hall–Kier alpha value is -1.44. The minimum absolute atomic E-state index is 0.229. The van der Waals surface area contributed by atoms with Gasteiger partial charge in [0.2, 0.25) is 5.78 Å². The van der Waals surface area contributed by atoms with Crippen molar-refractivity contribution in [2.24, 2.45) is 0 Å². The molecule has 1 fully saturated rings. The second-order valence-corrected chi connectivity index (χ2v) is 3.86. The molecular weight excluding hydrogens is 249 g/mol. The summed E-state index contributed by atoms with van der Waals surface area (Å²) in [6, 6.07) is 3.73. The molecule has 2 atom stereocenters. The SMILES string of the molecule is CNC1ONC(c2cccc(C(F)(F)F)c2)C1=O. The molecular formula is C11H11F3N2O2. The minimum atomic E-state index is -4.43. The van der Waals surface area contributed by atoms with Crippen molar-refractivity contribution in [3.8, 4) is 0 Å². The zero-order valence-electron chi connectivity index (χ0n) is 9.41. The highest BCUT2D eigenvalue weighted by Gasteiger charge is 2.37. The smallest absolute Gasteiger partial charge is 0.293 e. The third-order valence-corrected chi connectivity index (χ3v) is 2.66. The van der Waals surface area contributed by atoms with E-state index >= 15 is 0 Å². The highest BCUT2D eigenvalue weighted by atomic mass is 19.4. The Morgan fingerprint density at radius 1 is 1.39 bits per heavy atom. The Kier molecular flexibility index (Phi) is 3.38. The van der Waals surface area contributed by atoms with Crippen LogP contribution >= 0.6 is 0 Å². The van der Waals surface area contributed by atoms with Crippen molar-refractivity contribution in [2.45, 2.75) is 18.4 Å². The number of nitrogens with one attached hydrogen (secondary N) is 2. The molecule has 7 heteroatoms. The molecule has 0 amide bonds. The van der Waals surface area contributed by atoms with Crippen molar-refractivity contribution < 1.29 is 22.8 Å². The largest absolute Gasteiger partial charge is 0.416 e. The minimum Gasteiger partial charge on any atom is -0.293 e. The monoisotopic (exact) mass is 260 g/mol. The maximum atomic E-state index is 12.5. The van der Waals surface area contributed by atoms with Gasteiger partial charge >= 0.3 is 6.18 Å². The van der Waals surface area contributed by atoms with Crippen LogP contribution in [0.5, 0.6) is 0 Å². The quantitative estimate of drug-likeness (QED) is 0.843. The van der Waals surface area contributed by atoms with E-state index in [0.717, 1.165) is 12.1 Å².